The molecule has 0 saturated heterocycles. The Hall–Kier alpha value is -2.67. The van der Waals surface area contributed by atoms with E-state index in [4.69, 9.17) is 0 Å². The number of thiazole rings is 1. The number of alkyl halides is 3. The van der Waals surface area contributed by atoms with Crippen LogP contribution >= 0.6 is 11.3 Å². The zero-order valence-corrected chi connectivity index (χ0v) is 14.8. The van der Waals surface area contributed by atoms with E-state index in [1.165, 1.54) is 16.9 Å². The molecule has 1 aromatic heterocycles. The standard InChI is InChI=1S/C19H15F3N2OS/c1-11-3-4-14(9-12(11)2)16-10-26-18(23-16)24-17(25)13-5-7-15(8-6-13)19(20,21)22/h3-10H,1-2H3,(H,23,24,25). The molecule has 134 valence electrons. The van der Waals surface area contributed by atoms with Crippen LogP contribution in [0.3, 0.4) is 0 Å². The summed E-state index contributed by atoms with van der Waals surface area (Å²) < 4.78 is 37.7. The van der Waals surface area contributed by atoms with Crippen molar-refractivity contribution < 1.29 is 18.0 Å². The van der Waals surface area contributed by atoms with Crippen LogP contribution in [0.15, 0.2) is 47.8 Å². The molecule has 3 rings (SSSR count). The number of benzene rings is 2. The van der Waals surface area contributed by atoms with Gasteiger partial charge >= 0.3 is 6.18 Å². The Morgan fingerprint density at radius 3 is 2.35 bits per heavy atom. The maximum absolute atomic E-state index is 12.6. The van der Waals surface area contributed by atoms with Crippen molar-refractivity contribution in [2.45, 2.75) is 20.0 Å². The minimum Gasteiger partial charge on any atom is -0.298 e. The minimum absolute atomic E-state index is 0.140. The van der Waals surface area contributed by atoms with Crippen molar-refractivity contribution in [3.63, 3.8) is 0 Å². The molecule has 0 bridgehead atoms. The number of anilines is 1. The number of carbonyl (C=O) groups is 1. The summed E-state index contributed by atoms with van der Waals surface area (Å²) in [5, 5.41) is 4.84. The van der Waals surface area contributed by atoms with Crippen LogP contribution in [0.25, 0.3) is 11.3 Å². The van der Waals surface area contributed by atoms with Gasteiger partial charge < -0.3 is 0 Å². The molecule has 0 spiro atoms. The first-order valence-corrected chi connectivity index (χ1v) is 8.64. The molecule has 0 fully saturated rings. The number of halogens is 3. The SMILES string of the molecule is Cc1ccc(-c2csc(NC(=O)c3ccc(C(F)(F)F)cc3)n2)cc1C. The quantitative estimate of drug-likeness (QED) is 0.637. The number of hydrogen-bond acceptors (Lipinski definition) is 3. The zero-order valence-electron chi connectivity index (χ0n) is 14.0. The van der Waals surface area contributed by atoms with E-state index < -0.39 is 17.6 Å². The number of rotatable bonds is 3. The van der Waals surface area contributed by atoms with Crippen LogP contribution in [0.2, 0.25) is 0 Å². The third-order valence-corrected chi connectivity index (χ3v) is 4.76. The molecule has 0 radical (unpaired) electrons. The minimum atomic E-state index is -4.43. The number of amides is 1. The molecule has 1 N–H and O–H groups in total. The molecule has 0 aliphatic carbocycles. The lowest BCUT2D eigenvalue weighted by molar-refractivity contribution is -0.137. The highest BCUT2D eigenvalue weighted by molar-refractivity contribution is 7.14. The summed E-state index contributed by atoms with van der Waals surface area (Å²) in [5.41, 5.74) is 3.35. The van der Waals surface area contributed by atoms with E-state index in [9.17, 15) is 18.0 Å². The van der Waals surface area contributed by atoms with Gasteiger partial charge in [0.25, 0.3) is 5.91 Å². The first-order valence-electron chi connectivity index (χ1n) is 7.76. The smallest absolute Gasteiger partial charge is 0.298 e. The molecule has 26 heavy (non-hydrogen) atoms. The summed E-state index contributed by atoms with van der Waals surface area (Å²) in [6.45, 7) is 4.04. The van der Waals surface area contributed by atoms with Gasteiger partial charge in [0, 0.05) is 16.5 Å². The summed E-state index contributed by atoms with van der Waals surface area (Å²) in [6, 6.07) is 10.1. The van der Waals surface area contributed by atoms with Crippen molar-refractivity contribution in [1.82, 2.24) is 4.98 Å². The van der Waals surface area contributed by atoms with E-state index in [1.54, 1.807) is 0 Å². The molecule has 1 heterocycles. The fourth-order valence-corrected chi connectivity index (χ4v) is 3.06. The second-order valence-corrected chi connectivity index (χ2v) is 6.72. The van der Waals surface area contributed by atoms with E-state index in [0.717, 1.165) is 41.1 Å². The van der Waals surface area contributed by atoms with Gasteiger partial charge in [0.15, 0.2) is 5.13 Å². The molecule has 0 aliphatic heterocycles. The van der Waals surface area contributed by atoms with Crippen molar-refractivity contribution in [3.05, 3.63) is 70.1 Å². The van der Waals surface area contributed by atoms with Crippen LogP contribution < -0.4 is 5.32 Å². The highest BCUT2D eigenvalue weighted by Gasteiger charge is 2.30. The summed E-state index contributed by atoms with van der Waals surface area (Å²) in [4.78, 5) is 16.6. The second kappa shape index (κ2) is 6.92. The second-order valence-electron chi connectivity index (χ2n) is 5.87. The predicted molar refractivity (Wildman–Crippen MR) is 96.4 cm³/mol. The lowest BCUT2D eigenvalue weighted by atomic mass is 10.1. The monoisotopic (exact) mass is 376 g/mol. The first kappa shape index (κ1) is 18.1. The molecule has 2 aromatic carbocycles. The third-order valence-electron chi connectivity index (χ3n) is 4.00. The molecular weight excluding hydrogens is 361 g/mol. The summed E-state index contributed by atoms with van der Waals surface area (Å²) >= 11 is 1.26. The molecular formula is C19H15F3N2OS. The predicted octanol–water partition coefficient (Wildman–Crippen LogP) is 5.70. The number of nitrogens with one attached hydrogen (secondary N) is 1. The Kier molecular flexibility index (Phi) is 4.82. The van der Waals surface area contributed by atoms with Gasteiger partial charge in [0.1, 0.15) is 0 Å². The van der Waals surface area contributed by atoms with Gasteiger partial charge in [-0.3, -0.25) is 10.1 Å². The number of aryl methyl sites for hydroxylation is 2. The van der Waals surface area contributed by atoms with Gasteiger partial charge in [-0.25, -0.2) is 4.98 Å². The molecule has 3 aromatic rings. The zero-order chi connectivity index (χ0) is 18.9. The van der Waals surface area contributed by atoms with Crippen molar-refractivity contribution in [2.75, 3.05) is 5.32 Å². The summed E-state index contributed by atoms with van der Waals surface area (Å²) in [7, 11) is 0. The number of aromatic nitrogens is 1. The van der Waals surface area contributed by atoms with Crippen LogP contribution in [0, 0.1) is 13.8 Å². The van der Waals surface area contributed by atoms with Crippen molar-refractivity contribution in [3.8, 4) is 11.3 Å². The van der Waals surface area contributed by atoms with Gasteiger partial charge in [-0.1, -0.05) is 12.1 Å². The summed E-state index contributed by atoms with van der Waals surface area (Å²) in [5.74, 6) is -0.500. The largest absolute Gasteiger partial charge is 0.416 e. The highest BCUT2D eigenvalue weighted by atomic mass is 32.1. The van der Waals surface area contributed by atoms with Crippen LogP contribution in [0.4, 0.5) is 18.3 Å². The van der Waals surface area contributed by atoms with Crippen molar-refractivity contribution >= 4 is 22.4 Å². The van der Waals surface area contributed by atoms with Gasteiger partial charge in [0.2, 0.25) is 0 Å². The van der Waals surface area contributed by atoms with E-state index in [-0.39, 0.29) is 5.56 Å². The van der Waals surface area contributed by atoms with Crippen LogP contribution in [-0.4, -0.2) is 10.9 Å². The lowest BCUT2D eigenvalue weighted by Gasteiger charge is -2.07. The van der Waals surface area contributed by atoms with E-state index in [1.807, 2.05) is 37.4 Å². The molecule has 0 atom stereocenters. The Bertz CT molecular complexity index is 946. The Labute approximate surface area is 152 Å². The van der Waals surface area contributed by atoms with E-state index >= 15 is 0 Å². The normalized spacial score (nSPS) is 11.4. The van der Waals surface area contributed by atoms with Gasteiger partial charge in [-0.2, -0.15) is 13.2 Å². The molecule has 7 heteroatoms. The number of hydrogen-bond donors (Lipinski definition) is 1. The molecule has 1 amide bonds. The maximum atomic E-state index is 12.6. The van der Waals surface area contributed by atoms with Gasteiger partial charge in [-0.05, 0) is 55.3 Å². The van der Waals surface area contributed by atoms with Gasteiger partial charge in [0.05, 0.1) is 11.3 Å². The number of carbonyl (C=O) groups excluding carboxylic acids is 1. The topological polar surface area (TPSA) is 42.0 Å². The third kappa shape index (κ3) is 3.94. The Morgan fingerprint density at radius 1 is 1.04 bits per heavy atom. The molecule has 0 saturated carbocycles. The molecule has 0 unspecified atom stereocenters. The highest BCUT2D eigenvalue weighted by Crippen LogP contribution is 2.30. The first-order chi connectivity index (χ1) is 12.2. The van der Waals surface area contributed by atoms with E-state index in [2.05, 4.69) is 10.3 Å². The van der Waals surface area contributed by atoms with Crippen molar-refractivity contribution in [2.24, 2.45) is 0 Å². The Morgan fingerprint density at radius 2 is 1.73 bits per heavy atom. The lowest BCUT2D eigenvalue weighted by Crippen LogP contribution is -2.12. The van der Waals surface area contributed by atoms with Crippen molar-refractivity contribution in [1.29, 1.82) is 0 Å². The van der Waals surface area contributed by atoms with Gasteiger partial charge in [-0.15, -0.1) is 11.3 Å². The molecule has 3 nitrogen and oxygen atoms in total. The molecule has 0 aliphatic rings. The van der Waals surface area contributed by atoms with Crippen LogP contribution in [0.1, 0.15) is 27.0 Å². The Balaban J connectivity index is 1.74. The fourth-order valence-electron chi connectivity index (χ4n) is 2.34. The maximum Gasteiger partial charge on any atom is 0.416 e. The average molecular weight is 376 g/mol. The summed E-state index contributed by atoms with van der Waals surface area (Å²) in [6.07, 6.45) is -4.43. The fraction of sp³-hybridized carbons (Fsp3) is 0.158. The van der Waals surface area contributed by atoms with E-state index in [0.29, 0.717) is 5.13 Å². The van der Waals surface area contributed by atoms with Crippen LogP contribution in [0.5, 0.6) is 0 Å². The van der Waals surface area contributed by atoms with Crippen LogP contribution in [-0.2, 0) is 6.18 Å². The average Bonchev–Trinajstić information content (AvgIpc) is 3.05. The number of nitrogens with zero attached hydrogens (tertiary/aromatic N) is 1.